The van der Waals surface area contributed by atoms with Crippen molar-refractivity contribution in [3.63, 3.8) is 0 Å². The lowest BCUT2D eigenvalue weighted by molar-refractivity contribution is 0.408. The van der Waals surface area contributed by atoms with E-state index in [-0.39, 0.29) is 5.41 Å². The van der Waals surface area contributed by atoms with Crippen molar-refractivity contribution in [1.29, 1.82) is 0 Å². The van der Waals surface area contributed by atoms with E-state index in [0.29, 0.717) is 17.4 Å². The Morgan fingerprint density at radius 3 is 2.29 bits per heavy atom. The van der Waals surface area contributed by atoms with Crippen LogP contribution in [0, 0.1) is 0 Å². The van der Waals surface area contributed by atoms with Crippen LogP contribution in [0.5, 0.6) is 0 Å². The first-order valence-corrected chi connectivity index (χ1v) is 6.83. The predicted octanol–water partition coefficient (Wildman–Crippen LogP) is 3.64. The van der Waals surface area contributed by atoms with Gasteiger partial charge in [-0.2, -0.15) is 4.98 Å². The van der Waals surface area contributed by atoms with Gasteiger partial charge in [-0.15, -0.1) is 0 Å². The van der Waals surface area contributed by atoms with Crippen molar-refractivity contribution in [3.8, 4) is 11.5 Å². The second-order valence-corrected chi connectivity index (χ2v) is 5.54. The van der Waals surface area contributed by atoms with E-state index in [1.54, 1.807) is 0 Å². The van der Waals surface area contributed by atoms with Crippen molar-refractivity contribution >= 4 is 5.69 Å². The Bertz CT molecular complexity index is 730. The van der Waals surface area contributed by atoms with Gasteiger partial charge in [0, 0.05) is 11.3 Å². The second kappa shape index (κ2) is 5.05. The van der Waals surface area contributed by atoms with E-state index in [1.807, 2.05) is 42.5 Å². The Labute approximate surface area is 123 Å². The van der Waals surface area contributed by atoms with Gasteiger partial charge < -0.3 is 10.3 Å². The Hall–Kier alpha value is -2.62. The maximum atomic E-state index is 5.69. The minimum absolute atomic E-state index is 0.309. The van der Waals surface area contributed by atoms with Gasteiger partial charge in [0.2, 0.25) is 0 Å². The largest absolute Gasteiger partial charge is 0.399 e. The van der Waals surface area contributed by atoms with Crippen LogP contribution in [0.1, 0.15) is 25.2 Å². The Kier molecular flexibility index (Phi) is 3.22. The van der Waals surface area contributed by atoms with Crippen molar-refractivity contribution in [2.45, 2.75) is 19.3 Å². The number of nitrogen functional groups attached to an aromatic ring is 1. The molecule has 0 bridgehead atoms. The van der Waals surface area contributed by atoms with Crippen molar-refractivity contribution in [2.75, 3.05) is 5.73 Å². The van der Waals surface area contributed by atoms with E-state index >= 15 is 0 Å². The van der Waals surface area contributed by atoms with Gasteiger partial charge in [0.15, 0.2) is 5.82 Å². The van der Waals surface area contributed by atoms with E-state index in [2.05, 4.69) is 36.1 Å². The summed E-state index contributed by atoms with van der Waals surface area (Å²) < 4.78 is 5.40. The number of nitrogens with two attached hydrogens (primary N) is 1. The molecule has 0 unspecified atom stereocenters. The molecule has 2 N–H and O–H groups in total. The molecule has 3 rings (SSSR count). The number of hydrogen-bond acceptors (Lipinski definition) is 4. The molecule has 106 valence electrons. The van der Waals surface area contributed by atoms with Gasteiger partial charge in [0.25, 0.3) is 5.89 Å². The number of aromatic nitrogens is 2. The highest BCUT2D eigenvalue weighted by Crippen LogP contribution is 2.30. The maximum absolute atomic E-state index is 5.69. The summed E-state index contributed by atoms with van der Waals surface area (Å²) in [6.07, 6.45) is 0. The topological polar surface area (TPSA) is 64.9 Å². The quantitative estimate of drug-likeness (QED) is 0.743. The summed E-state index contributed by atoms with van der Waals surface area (Å²) in [7, 11) is 0. The zero-order valence-electron chi connectivity index (χ0n) is 12.1. The summed E-state index contributed by atoms with van der Waals surface area (Å²) in [5.74, 6) is 1.18. The molecule has 21 heavy (non-hydrogen) atoms. The number of benzene rings is 2. The maximum Gasteiger partial charge on any atom is 0.257 e. The van der Waals surface area contributed by atoms with Gasteiger partial charge in [-0.3, -0.25) is 0 Å². The van der Waals surface area contributed by atoms with Crippen LogP contribution in [0.2, 0.25) is 0 Å². The fraction of sp³-hybridized carbons (Fsp3) is 0.176. The summed E-state index contributed by atoms with van der Waals surface area (Å²) in [6.45, 7) is 4.17. The van der Waals surface area contributed by atoms with Gasteiger partial charge >= 0.3 is 0 Å². The minimum atomic E-state index is -0.309. The molecule has 1 heterocycles. The predicted molar refractivity (Wildman–Crippen MR) is 82.7 cm³/mol. The van der Waals surface area contributed by atoms with E-state index in [0.717, 1.165) is 11.1 Å². The first kappa shape index (κ1) is 13.4. The molecule has 0 radical (unpaired) electrons. The summed E-state index contributed by atoms with van der Waals surface area (Å²) in [5.41, 5.74) is 8.11. The number of nitrogens with zero attached hydrogens (tertiary/aromatic N) is 2. The average molecular weight is 279 g/mol. The molecule has 4 heteroatoms. The molecule has 0 atom stereocenters. The zero-order valence-corrected chi connectivity index (χ0v) is 12.1. The van der Waals surface area contributed by atoms with Gasteiger partial charge in [0.1, 0.15) is 0 Å². The molecule has 4 nitrogen and oxygen atoms in total. The summed E-state index contributed by atoms with van der Waals surface area (Å²) in [4.78, 5) is 4.54. The summed E-state index contributed by atoms with van der Waals surface area (Å²) >= 11 is 0. The fourth-order valence-electron chi connectivity index (χ4n) is 2.20. The number of rotatable bonds is 3. The van der Waals surface area contributed by atoms with Gasteiger partial charge in [-0.1, -0.05) is 35.5 Å². The third-order valence-corrected chi connectivity index (χ3v) is 3.64. The highest BCUT2D eigenvalue weighted by atomic mass is 16.5. The zero-order chi connectivity index (χ0) is 14.9. The van der Waals surface area contributed by atoms with Gasteiger partial charge in [0.05, 0.1) is 5.41 Å². The van der Waals surface area contributed by atoms with E-state index in [9.17, 15) is 0 Å². The number of hydrogen-bond donors (Lipinski definition) is 1. The fourth-order valence-corrected chi connectivity index (χ4v) is 2.20. The Morgan fingerprint density at radius 2 is 1.62 bits per heavy atom. The van der Waals surface area contributed by atoms with Crippen molar-refractivity contribution in [2.24, 2.45) is 0 Å². The third kappa shape index (κ3) is 2.52. The molecule has 0 spiro atoms. The SMILES string of the molecule is CC(C)(c1ccccc1)c1noc(-c2ccc(N)cc2)n1. The summed E-state index contributed by atoms with van der Waals surface area (Å²) in [5, 5.41) is 4.15. The lowest BCUT2D eigenvalue weighted by Gasteiger charge is -2.20. The molecular formula is C17H17N3O. The van der Waals surface area contributed by atoms with Crippen molar-refractivity contribution < 1.29 is 4.52 Å². The van der Waals surface area contributed by atoms with Crippen LogP contribution >= 0.6 is 0 Å². The van der Waals surface area contributed by atoms with Crippen LogP contribution in [-0.4, -0.2) is 10.1 Å². The average Bonchev–Trinajstić information content (AvgIpc) is 2.99. The van der Waals surface area contributed by atoms with Gasteiger partial charge in [-0.05, 0) is 43.7 Å². The minimum Gasteiger partial charge on any atom is -0.399 e. The molecule has 0 aliphatic rings. The van der Waals surface area contributed by atoms with Crippen LogP contribution in [0.25, 0.3) is 11.5 Å². The van der Waals surface area contributed by atoms with Crippen LogP contribution in [0.4, 0.5) is 5.69 Å². The molecular weight excluding hydrogens is 262 g/mol. The van der Waals surface area contributed by atoms with Crippen LogP contribution < -0.4 is 5.73 Å². The normalized spacial score (nSPS) is 11.5. The highest BCUT2D eigenvalue weighted by Gasteiger charge is 2.28. The van der Waals surface area contributed by atoms with E-state index < -0.39 is 0 Å². The lowest BCUT2D eigenvalue weighted by Crippen LogP contribution is -2.20. The Balaban J connectivity index is 1.96. The lowest BCUT2D eigenvalue weighted by atomic mass is 9.84. The van der Waals surface area contributed by atoms with Crippen molar-refractivity contribution in [3.05, 3.63) is 66.0 Å². The molecule has 1 aromatic heterocycles. The van der Waals surface area contributed by atoms with Crippen molar-refractivity contribution in [1.82, 2.24) is 10.1 Å². The molecule has 0 amide bonds. The number of anilines is 1. The molecule has 0 saturated heterocycles. The second-order valence-electron chi connectivity index (χ2n) is 5.54. The van der Waals surface area contributed by atoms with E-state index in [4.69, 9.17) is 10.3 Å². The molecule has 2 aromatic carbocycles. The van der Waals surface area contributed by atoms with Crippen LogP contribution in [0.3, 0.4) is 0 Å². The third-order valence-electron chi connectivity index (χ3n) is 3.64. The molecule has 0 aliphatic carbocycles. The van der Waals surface area contributed by atoms with Gasteiger partial charge in [-0.25, -0.2) is 0 Å². The monoisotopic (exact) mass is 279 g/mol. The first-order chi connectivity index (χ1) is 10.1. The summed E-state index contributed by atoms with van der Waals surface area (Å²) in [6, 6.07) is 17.6. The molecule has 0 aliphatic heterocycles. The van der Waals surface area contributed by atoms with Crippen LogP contribution in [0.15, 0.2) is 59.1 Å². The smallest absolute Gasteiger partial charge is 0.257 e. The molecule has 3 aromatic rings. The molecule has 0 fully saturated rings. The first-order valence-electron chi connectivity index (χ1n) is 6.83. The standard InChI is InChI=1S/C17H17N3O/c1-17(2,13-6-4-3-5-7-13)16-19-15(21-20-16)12-8-10-14(18)11-9-12/h3-11H,18H2,1-2H3. The van der Waals surface area contributed by atoms with E-state index in [1.165, 1.54) is 0 Å². The van der Waals surface area contributed by atoms with Crippen LogP contribution in [-0.2, 0) is 5.41 Å². The Morgan fingerprint density at radius 1 is 0.952 bits per heavy atom. The highest BCUT2D eigenvalue weighted by molar-refractivity contribution is 5.57. The molecule has 0 saturated carbocycles.